The van der Waals surface area contributed by atoms with E-state index in [0.717, 1.165) is 28.3 Å². The van der Waals surface area contributed by atoms with Crippen LogP contribution in [-0.2, 0) is 134 Å². The van der Waals surface area contributed by atoms with Crippen LogP contribution in [0.25, 0.3) is 42.8 Å². The van der Waals surface area contributed by atoms with Gasteiger partial charge in [0.2, 0.25) is 22.1 Å². The number of aliphatic hydroxyl groups excluding tert-OH is 1. The molecule has 6 aliphatic heterocycles. The van der Waals surface area contributed by atoms with Crippen LogP contribution in [0.4, 0.5) is 24.5 Å². The van der Waals surface area contributed by atoms with E-state index in [1.807, 2.05) is 10.8 Å². The standard InChI is InChI=1S/C9H5F3NO2S2.C8H8N2O2S2.C6H5N2OS2.C6H15N.C2H3ClO.CH4O.ClH.3Y/c1-13-5-3-16-17-7(5)4(8(13)15)2-6(14)9(10,11)12;1-4(11)9-6-7-5(3-13-14-7)10(2)8(6)12;1-8-3-2-10-11-5(3)4(7)6(8)9;1-4-7(5-2)6-3;1-2(3)4;1-2;;;;/h2-3H,1H3;3H,1-2H3,(H,9,11);2,7H,1H3;4-6H2,1-3H3;1H3;2H,1H3;1H;;;/q-1;;-1;;;;;;;/p-1. The predicted molar refractivity (Wildman–Crippen MR) is 230 cm³/mol. The summed E-state index contributed by atoms with van der Waals surface area (Å²) >= 11 is 4.64. The fourth-order valence-corrected chi connectivity index (χ4v) is 11.1. The first-order valence-corrected chi connectivity index (χ1v) is 22.7. The maximum absolute atomic E-state index is 12.1. The van der Waals surface area contributed by atoms with Gasteiger partial charge in [0.1, 0.15) is 5.56 Å². The summed E-state index contributed by atoms with van der Waals surface area (Å²) in [6.45, 7) is 12.8. The van der Waals surface area contributed by atoms with Crippen molar-refractivity contribution in [2.45, 2.75) is 40.8 Å². The molecule has 27 heteroatoms. The number of aliphatic hydroxyl groups is 1. The van der Waals surface area contributed by atoms with Crippen molar-refractivity contribution in [3.05, 3.63) is 70.2 Å². The summed E-state index contributed by atoms with van der Waals surface area (Å²) in [4.78, 5) is 69.7. The average Bonchev–Trinajstić information content (AvgIpc) is 3.99. The van der Waals surface area contributed by atoms with Crippen LogP contribution in [-0.4, -0.2) is 73.6 Å². The number of amides is 1. The maximum atomic E-state index is 12.1. The molecule has 6 rings (SSSR count). The molecule has 0 bridgehead atoms. The van der Waals surface area contributed by atoms with Crippen molar-refractivity contribution < 1.29 is 131 Å². The number of nitrogens with zero attached hydrogens (tertiary/aromatic N) is 5. The Morgan fingerprint density at radius 3 is 1.49 bits per heavy atom. The second-order valence-corrected chi connectivity index (χ2v) is 17.3. The number of ketones is 1. The third-order valence-electron chi connectivity index (χ3n) is 7.07. The summed E-state index contributed by atoms with van der Waals surface area (Å²) < 4.78 is 40.6. The molecular formula is C32H40Cl2F3N6O7S6Y3-3. The van der Waals surface area contributed by atoms with E-state index in [4.69, 9.17) is 10.8 Å². The van der Waals surface area contributed by atoms with Crippen LogP contribution in [0.3, 0.4) is 0 Å². The molecule has 6 heterocycles. The van der Waals surface area contributed by atoms with Crippen LogP contribution >= 0.6 is 86.1 Å². The first-order valence-electron chi connectivity index (χ1n) is 15.6. The van der Waals surface area contributed by atoms with Crippen molar-refractivity contribution in [1.29, 1.82) is 0 Å². The number of halogens is 5. The van der Waals surface area contributed by atoms with E-state index in [2.05, 4.69) is 42.6 Å². The van der Waals surface area contributed by atoms with Gasteiger partial charge in [0.15, 0.2) is 0 Å². The normalized spacial score (nSPS) is 9.81. The van der Waals surface area contributed by atoms with Crippen LogP contribution in [0.1, 0.15) is 40.2 Å². The molecule has 59 heavy (non-hydrogen) atoms. The molecule has 0 saturated heterocycles. The summed E-state index contributed by atoms with van der Waals surface area (Å²) in [5.41, 5.74) is 8.94. The van der Waals surface area contributed by atoms with Crippen molar-refractivity contribution in [2.75, 3.05) is 26.7 Å². The maximum Gasteiger partial charge on any atom is 0.441 e. The topological polar surface area (TPSA) is 179 Å². The smallest absolute Gasteiger partial charge is 0.441 e. The van der Waals surface area contributed by atoms with E-state index in [-0.39, 0.29) is 150 Å². The third kappa shape index (κ3) is 19.1. The zero-order chi connectivity index (χ0) is 42.4. The Kier molecular flexibility index (Phi) is 35.7. The van der Waals surface area contributed by atoms with Gasteiger partial charge < -0.3 is 44.3 Å². The molecule has 0 atom stereocenters. The minimum atomic E-state index is -4.95. The van der Waals surface area contributed by atoms with Gasteiger partial charge >= 0.3 is 6.18 Å². The number of nitrogens with one attached hydrogen (secondary N) is 1. The minimum absolute atomic E-state index is 0. The molecule has 3 radical (unpaired) electrons. The molecule has 0 fully saturated rings. The van der Waals surface area contributed by atoms with E-state index in [1.165, 1.54) is 106 Å². The third-order valence-corrected chi connectivity index (χ3v) is 13.3. The van der Waals surface area contributed by atoms with Crippen molar-refractivity contribution in [3.8, 4) is 31.7 Å². The molecule has 2 N–H and O–H groups in total. The van der Waals surface area contributed by atoms with Gasteiger partial charge in [-0.15, -0.1) is 45.1 Å². The molecule has 6 aliphatic rings. The van der Waals surface area contributed by atoms with E-state index >= 15 is 0 Å². The van der Waals surface area contributed by atoms with E-state index in [9.17, 15) is 41.9 Å². The number of rotatable bonds is 6. The molecule has 0 aromatic rings. The van der Waals surface area contributed by atoms with Crippen molar-refractivity contribution in [3.63, 3.8) is 0 Å². The largest absolute Gasteiger partial charge is 0.693 e. The molecule has 0 saturated carbocycles. The zero-order valence-corrected chi connectivity index (χ0v) is 48.2. The van der Waals surface area contributed by atoms with Crippen molar-refractivity contribution in [2.24, 2.45) is 21.1 Å². The van der Waals surface area contributed by atoms with Crippen LogP contribution in [0.15, 0.2) is 30.5 Å². The van der Waals surface area contributed by atoms with Gasteiger partial charge in [0, 0.05) is 155 Å². The fraction of sp³-hybridized carbons (Fsp3) is 0.406. The van der Waals surface area contributed by atoms with Gasteiger partial charge in [-0.05, 0) is 48.7 Å². The summed E-state index contributed by atoms with van der Waals surface area (Å²) in [5.74, 6) is -2.35. The molecule has 13 nitrogen and oxygen atoms in total. The van der Waals surface area contributed by atoms with Gasteiger partial charge in [0.25, 0.3) is 0 Å². The van der Waals surface area contributed by atoms with Gasteiger partial charge in [-0.2, -0.15) is 13.2 Å². The number of carbonyl (C=O) groups is 3. The number of alkyl halides is 3. The number of hydrogen-bond donors (Lipinski definition) is 1. The number of carbonyl (C=O) groups excluding carboxylic acids is 3. The molecule has 1 amide bonds. The number of hydrogen-bond acceptors (Lipinski definition) is 14. The Morgan fingerprint density at radius 1 is 0.763 bits per heavy atom. The minimum Gasteiger partial charge on any atom is -0.693 e. The predicted octanol–water partition coefficient (Wildman–Crippen LogP) is 8.90. The van der Waals surface area contributed by atoms with Crippen LogP contribution in [0.5, 0.6) is 0 Å². The van der Waals surface area contributed by atoms with E-state index in [0.29, 0.717) is 17.0 Å². The first kappa shape index (κ1) is 65.9. The number of fused-ring (bicyclic) bond motifs is 3. The van der Waals surface area contributed by atoms with Crippen molar-refractivity contribution in [1.82, 2.24) is 18.6 Å². The molecular weight excluding hydrogens is 1170 g/mol. The quantitative estimate of drug-likeness (QED) is 0.0976. The van der Waals surface area contributed by atoms with E-state index in [1.54, 1.807) is 29.8 Å². The van der Waals surface area contributed by atoms with Gasteiger partial charge in [-0.3, -0.25) is 19.2 Å². The Morgan fingerprint density at radius 2 is 1.12 bits per heavy atom. The van der Waals surface area contributed by atoms with Gasteiger partial charge in [-0.1, -0.05) is 67.8 Å². The molecule has 0 aliphatic carbocycles. The number of Topliss-reactive ketones (excluding diaryl/α,β-unsaturated/α-hetero) is 1. The SMILES string of the molecule is CC(=O)Cl.CC(=O)[N-]c1c2sscc-2n(C)c1=O.CCN(CC)CC.CO.Cl.Cn1c2cssc-2c([CH-]C(=O)C(F)(F)F)c1=O.Cn1c2cssc-2c([NH-])c1=O.[Y].[Y].[Y]. The van der Waals surface area contributed by atoms with E-state index < -0.39 is 17.5 Å². The van der Waals surface area contributed by atoms with Gasteiger partial charge in [0.05, 0.1) is 27.0 Å². The van der Waals surface area contributed by atoms with Crippen LogP contribution in [0.2, 0.25) is 0 Å². The second kappa shape index (κ2) is 32.0. The Labute approximate surface area is 448 Å². The molecule has 0 aromatic heterocycles. The average molecular weight is 1210 g/mol. The van der Waals surface area contributed by atoms with Crippen LogP contribution < -0.4 is 16.7 Å². The summed E-state index contributed by atoms with van der Waals surface area (Å²) in [6, 6.07) is 0. The van der Waals surface area contributed by atoms with Crippen LogP contribution in [0, 0.1) is 6.42 Å². The Balaban J connectivity index is -0.000000330. The Bertz CT molecular complexity index is 2160. The Hall–Kier alpha value is 0.252. The second-order valence-electron chi connectivity index (χ2n) is 10.5. The summed E-state index contributed by atoms with van der Waals surface area (Å²) in [7, 11) is 14.4. The monoisotopic (exact) mass is 1210 g/mol. The zero-order valence-electron chi connectivity index (χ0n) is 33.2. The molecule has 323 valence electrons. The molecule has 0 aromatic carbocycles. The molecule has 0 spiro atoms. The van der Waals surface area contributed by atoms with Gasteiger partial charge in [-0.25, -0.2) is 0 Å². The summed E-state index contributed by atoms with van der Waals surface area (Å²) in [6.07, 6.45) is -4.58. The molecule has 0 unspecified atom stereocenters. The first-order chi connectivity index (χ1) is 25.7. The number of aromatic nitrogens is 3. The van der Waals surface area contributed by atoms with Crippen molar-refractivity contribution >= 4 is 114 Å². The fourth-order valence-electron chi connectivity index (χ4n) is 4.24. The summed E-state index contributed by atoms with van der Waals surface area (Å²) in [5, 5.41) is 15.8.